The molecule has 0 aliphatic rings. The second-order valence-electron chi connectivity index (χ2n) is 5.80. The van der Waals surface area contributed by atoms with E-state index in [0.717, 1.165) is 11.1 Å². The minimum Gasteiger partial charge on any atom is -0.263 e. The molecule has 1 aromatic heterocycles. The van der Waals surface area contributed by atoms with Gasteiger partial charge in [0.05, 0.1) is 4.90 Å². The zero-order chi connectivity index (χ0) is 18.9. The lowest BCUT2D eigenvalue weighted by molar-refractivity contribution is 0.600. The average Bonchev–Trinajstić information content (AvgIpc) is 2.58. The number of benzene rings is 2. The highest BCUT2D eigenvalue weighted by Crippen LogP contribution is 2.27. The first-order chi connectivity index (χ1) is 12.3. The molecule has 1 heterocycles. The second-order valence-corrected chi connectivity index (χ2v) is 7.86. The zero-order valence-corrected chi connectivity index (χ0v) is 15.7. The number of aromatic nitrogens is 1. The predicted octanol–water partition coefficient (Wildman–Crippen LogP) is 4.96. The molecule has 7 heteroatoms. The summed E-state index contributed by atoms with van der Waals surface area (Å²) in [5, 5.41) is 0.378. The Bertz CT molecular complexity index is 1070. The summed E-state index contributed by atoms with van der Waals surface area (Å²) in [5.41, 5.74) is 2.70. The Balaban J connectivity index is 1.92. The van der Waals surface area contributed by atoms with E-state index in [-0.39, 0.29) is 16.5 Å². The fourth-order valence-corrected chi connectivity index (χ4v) is 4.12. The van der Waals surface area contributed by atoms with Crippen LogP contribution in [-0.2, 0) is 10.0 Å². The molecular formula is C19H16ClFN2O2S. The molecule has 0 aliphatic heterocycles. The quantitative estimate of drug-likeness (QED) is 0.685. The third-order valence-electron chi connectivity index (χ3n) is 3.99. The number of nitrogens with one attached hydrogen (secondary N) is 1. The summed E-state index contributed by atoms with van der Waals surface area (Å²) < 4.78 is 40.8. The molecule has 134 valence electrons. The fraction of sp³-hybridized carbons (Fsp3) is 0.105. The molecule has 0 saturated heterocycles. The topological polar surface area (TPSA) is 59.1 Å². The van der Waals surface area contributed by atoms with Crippen molar-refractivity contribution < 1.29 is 12.8 Å². The third-order valence-corrected chi connectivity index (χ3v) is 5.90. The Kier molecular flexibility index (Phi) is 4.98. The van der Waals surface area contributed by atoms with Gasteiger partial charge in [0.2, 0.25) is 0 Å². The Labute approximate surface area is 156 Å². The summed E-state index contributed by atoms with van der Waals surface area (Å²) in [7, 11) is -3.81. The Morgan fingerprint density at radius 2 is 1.69 bits per heavy atom. The normalized spacial score (nSPS) is 11.4. The number of sulfonamides is 1. The summed E-state index contributed by atoms with van der Waals surface area (Å²) in [6, 6.07) is 14.1. The molecule has 0 aliphatic carbocycles. The maximum atomic E-state index is 13.1. The number of hydrogen-bond donors (Lipinski definition) is 1. The van der Waals surface area contributed by atoms with Crippen LogP contribution in [0.4, 0.5) is 10.2 Å². The minimum absolute atomic E-state index is 0.104. The maximum absolute atomic E-state index is 13.1. The Morgan fingerprint density at radius 3 is 2.35 bits per heavy atom. The molecule has 1 N–H and O–H groups in total. The summed E-state index contributed by atoms with van der Waals surface area (Å²) >= 11 is 6.01. The van der Waals surface area contributed by atoms with Gasteiger partial charge in [0.15, 0.2) is 0 Å². The van der Waals surface area contributed by atoms with Crippen molar-refractivity contribution in [3.05, 3.63) is 76.7 Å². The summed E-state index contributed by atoms with van der Waals surface area (Å²) in [6.07, 6.45) is 0. The monoisotopic (exact) mass is 390 g/mol. The molecule has 4 nitrogen and oxygen atoms in total. The summed E-state index contributed by atoms with van der Waals surface area (Å²) in [5.74, 6) is -0.117. The first-order valence-corrected chi connectivity index (χ1v) is 9.65. The Morgan fingerprint density at radius 1 is 1.00 bits per heavy atom. The van der Waals surface area contributed by atoms with E-state index in [2.05, 4.69) is 9.71 Å². The predicted molar refractivity (Wildman–Crippen MR) is 101 cm³/mol. The third kappa shape index (κ3) is 3.71. The number of pyridine rings is 1. The van der Waals surface area contributed by atoms with Crippen molar-refractivity contribution in [2.24, 2.45) is 0 Å². The van der Waals surface area contributed by atoms with Gasteiger partial charge in [0.25, 0.3) is 10.0 Å². The summed E-state index contributed by atoms with van der Waals surface area (Å²) in [4.78, 5) is 4.42. The molecule has 3 rings (SSSR count). The van der Waals surface area contributed by atoms with Gasteiger partial charge in [0, 0.05) is 16.3 Å². The van der Waals surface area contributed by atoms with E-state index in [1.165, 1.54) is 18.2 Å². The van der Waals surface area contributed by atoms with Crippen molar-refractivity contribution in [2.75, 3.05) is 4.72 Å². The molecule has 0 fully saturated rings. The molecule has 0 bridgehead atoms. The molecule has 0 amide bonds. The highest BCUT2D eigenvalue weighted by Gasteiger charge is 2.19. The number of nitrogens with zero attached hydrogens (tertiary/aromatic N) is 1. The van der Waals surface area contributed by atoms with Gasteiger partial charge in [-0.1, -0.05) is 29.8 Å². The van der Waals surface area contributed by atoms with Crippen LogP contribution in [-0.4, -0.2) is 13.4 Å². The second kappa shape index (κ2) is 7.05. The van der Waals surface area contributed by atoms with Gasteiger partial charge in [-0.25, -0.2) is 17.8 Å². The zero-order valence-electron chi connectivity index (χ0n) is 14.1. The van der Waals surface area contributed by atoms with Crippen LogP contribution < -0.4 is 4.72 Å². The van der Waals surface area contributed by atoms with Gasteiger partial charge in [-0.05, 0) is 61.4 Å². The van der Waals surface area contributed by atoms with Crippen LogP contribution in [0.1, 0.15) is 11.3 Å². The van der Waals surface area contributed by atoms with Crippen molar-refractivity contribution in [1.29, 1.82) is 0 Å². The van der Waals surface area contributed by atoms with Gasteiger partial charge in [0.1, 0.15) is 11.6 Å². The van der Waals surface area contributed by atoms with Crippen molar-refractivity contribution in [3.8, 4) is 11.1 Å². The fourth-order valence-electron chi connectivity index (χ4n) is 2.62. The average molecular weight is 391 g/mol. The SMILES string of the molecule is Cc1nc(NS(=O)(=O)c2cccc(Cl)c2C)ccc1-c1ccc(F)cc1. The van der Waals surface area contributed by atoms with Gasteiger partial charge < -0.3 is 0 Å². The molecule has 2 aromatic carbocycles. The van der Waals surface area contributed by atoms with E-state index in [1.807, 2.05) is 0 Å². The summed E-state index contributed by atoms with van der Waals surface area (Å²) in [6.45, 7) is 3.41. The largest absolute Gasteiger partial charge is 0.263 e. The molecular weight excluding hydrogens is 375 g/mol. The van der Waals surface area contributed by atoms with Gasteiger partial charge in [-0.2, -0.15) is 0 Å². The highest BCUT2D eigenvalue weighted by atomic mass is 35.5. The van der Waals surface area contributed by atoms with Gasteiger partial charge >= 0.3 is 0 Å². The number of rotatable bonds is 4. The molecule has 0 radical (unpaired) electrons. The van der Waals surface area contributed by atoms with E-state index in [9.17, 15) is 12.8 Å². The van der Waals surface area contributed by atoms with Crippen molar-refractivity contribution in [3.63, 3.8) is 0 Å². The first-order valence-electron chi connectivity index (χ1n) is 7.79. The number of aryl methyl sites for hydroxylation is 1. The van der Waals surface area contributed by atoms with E-state index >= 15 is 0 Å². The lowest BCUT2D eigenvalue weighted by atomic mass is 10.0. The number of halogens is 2. The minimum atomic E-state index is -3.81. The van der Waals surface area contributed by atoms with Crippen molar-refractivity contribution >= 4 is 27.4 Å². The number of anilines is 1. The van der Waals surface area contributed by atoms with Crippen LogP contribution in [0.5, 0.6) is 0 Å². The van der Waals surface area contributed by atoms with Gasteiger partial charge in [-0.15, -0.1) is 0 Å². The van der Waals surface area contributed by atoms with Crippen LogP contribution in [0.25, 0.3) is 11.1 Å². The van der Waals surface area contributed by atoms with E-state index in [4.69, 9.17) is 11.6 Å². The van der Waals surface area contributed by atoms with Crippen LogP contribution >= 0.6 is 11.6 Å². The maximum Gasteiger partial charge on any atom is 0.263 e. The molecule has 0 spiro atoms. The van der Waals surface area contributed by atoms with E-state index < -0.39 is 10.0 Å². The molecule has 0 unspecified atom stereocenters. The van der Waals surface area contributed by atoms with Crippen LogP contribution in [0.2, 0.25) is 5.02 Å². The molecule has 0 saturated carbocycles. The first kappa shape index (κ1) is 18.4. The molecule has 0 atom stereocenters. The highest BCUT2D eigenvalue weighted by molar-refractivity contribution is 7.92. The van der Waals surface area contributed by atoms with Crippen molar-refractivity contribution in [1.82, 2.24) is 4.98 Å². The number of hydrogen-bond acceptors (Lipinski definition) is 3. The lowest BCUT2D eigenvalue weighted by Crippen LogP contribution is -2.15. The standard InChI is InChI=1S/C19H16ClFN2O2S/c1-12-17(20)4-3-5-18(12)26(24,25)23-19-11-10-16(13(2)22-19)14-6-8-15(21)9-7-14/h3-11H,1-2H3,(H,22,23). The van der Waals surface area contributed by atoms with Crippen LogP contribution in [0, 0.1) is 19.7 Å². The Hall–Kier alpha value is -2.44. The molecule has 26 heavy (non-hydrogen) atoms. The smallest absolute Gasteiger partial charge is 0.263 e. The van der Waals surface area contributed by atoms with E-state index in [1.54, 1.807) is 50.2 Å². The van der Waals surface area contributed by atoms with E-state index in [0.29, 0.717) is 16.3 Å². The van der Waals surface area contributed by atoms with Gasteiger partial charge in [-0.3, -0.25) is 4.72 Å². The van der Waals surface area contributed by atoms with Crippen LogP contribution in [0.15, 0.2) is 59.5 Å². The molecule has 3 aromatic rings. The lowest BCUT2D eigenvalue weighted by Gasteiger charge is -2.12. The van der Waals surface area contributed by atoms with Crippen LogP contribution in [0.3, 0.4) is 0 Å². The van der Waals surface area contributed by atoms with Crippen molar-refractivity contribution in [2.45, 2.75) is 18.7 Å².